The summed E-state index contributed by atoms with van der Waals surface area (Å²) in [6.07, 6.45) is 5.13. The first-order valence-corrected chi connectivity index (χ1v) is 15.4. The highest BCUT2D eigenvalue weighted by atomic mass is 35.5. The van der Waals surface area contributed by atoms with Crippen molar-refractivity contribution < 1.29 is 19.1 Å². The topological polar surface area (TPSA) is 105 Å². The highest BCUT2D eigenvalue weighted by Crippen LogP contribution is 2.32. The second kappa shape index (κ2) is 13.0. The molecular weight excluding hydrogens is 624 g/mol. The maximum Gasteiger partial charge on any atom is 0.338 e. The predicted octanol–water partition coefficient (Wildman–Crippen LogP) is 5.40. The van der Waals surface area contributed by atoms with Gasteiger partial charge < -0.3 is 9.47 Å². The minimum Gasteiger partial charge on any atom is -0.458 e. The summed E-state index contributed by atoms with van der Waals surface area (Å²) < 4.78 is 14.3. The number of para-hydroxylation sites is 1. The van der Waals surface area contributed by atoms with E-state index in [-0.39, 0.29) is 17.7 Å². The van der Waals surface area contributed by atoms with E-state index in [4.69, 9.17) is 26.2 Å². The molecule has 3 heterocycles. The van der Waals surface area contributed by atoms with Crippen molar-refractivity contribution in [2.45, 2.75) is 19.9 Å². The maximum atomic E-state index is 14.2. The summed E-state index contributed by atoms with van der Waals surface area (Å²) in [6.45, 7) is 6.65. The van der Waals surface area contributed by atoms with E-state index in [0.29, 0.717) is 42.6 Å². The van der Waals surface area contributed by atoms with E-state index in [9.17, 15) is 14.4 Å². The lowest BCUT2D eigenvalue weighted by Crippen LogP contribution is -2.39. The van der Waals surface area contributed by atoms with E-state index in [1.807, 2.05) is 48.7 Å². The quantitative estimate of drug-likeness (QED) is 0.127. The van der Waals surface area contributed by atoms with Crippen LogP contribution in [0.3, 0.4) is 0 Å². The van der Waals surface area contributed by atoms with Gasteiger partial charge in [-0.1, -0.05) is 78.1 Å². The van der Waals surface area contributed by atoms with E-state index in [1.54, 1.807) is 54.1 Å². The van der Waals surface area contributed by atoms with Crippen molar-refractivity contribution in [2.75, 3.05) is 6.61 Å². The highest BCUT2D eigenvalue weighted by Gasteiger charge is 2.33. The Balaban J connectivity index is 1.53. The van der Waals surface area contributed by atoms with Crippen molar-refractivity contribution in [3.05, 3.63) is 145 Å². The Labute approximate surface area is 272 Å². The molecule has 0 radical (unpaired) electrons. The number of ether oxygens (including phenoxy) is 2. The fraction of sp³-hybridized carbons (Fsp3) is 0.114. The van der Waals surface area contributed by atoms with E-state index < -0.39 is 18.0 Å². The molecule has 0 saturated heterocycles. The van der Waals surface area contributed by atoms with Gasteiger partial charge in [0.25, 0.3) is 5.56 Å². The minimum absolute atomic E-state index is 0.00295. The van der Waals surface area contributed by atoms with Gasteiger partial charge in [-0.3, -0.25) is 14.2 Å². The molecule has 0 saturated carbocycles. The molecule has 11 heteroatoms. The van der Waals surface area contributed by atoms with Gasteiger partial charge in [0.1, 0.15) is 18.1 Å². The fourth-order valence-corrected chi connectivity index (χ4v) is 6.34. The first kappa shape index (κ1) is 30.7. The number of carbonyl (C=O) groups is 2. The molecule has 0 fully saturated rings. The van der Waals surface area contributed by atoms with E-state index >= 15 is 0 Å². The summed E-state index contributed by atoms with van der Waals surface area (Å²) in [7, 11) is 0. The molecule has 9 nitrogen and oxygen atoms in total. The van der Waals surface area contributed by atoms with E-state index in [0.717, 1.165) is 11.3 Å². The third-order valence-corrected chi connectivity index (χ3v) is 8.43. The lowest BCUT2D eigenvalue weighted by Gasteiger charge is -2.24. The van der Waals surface area contributed by atoms with Crippen LogP contribution in [-0.2, 0) is 14.3 Å². The average Bonchev–Trinajstić information content (AvgIpc) is 3.60. The molecule has 6 rings (SSSR count). The Morgan fingerprint density at radius 2 is 1.76 bits per heavy atom. The summed E-state index contributed by atoms with van der Waals surface area (Å²) in [4.78, 5) is 44.2. The standard InChI is InChI=1S/C35H27ClN4O5S/c1-4-18-44-34(43)30-21(2)37-35-40(32(30)24-12-16-28(17-13-24)45-22(3)41)33(42)29(46-35)19-25-20-39(27-8-6-5-7-9-27)38-31(25)23-10-14-26(36)15-11-23/h4-17,19-20,32H,1,18H2,2-3H3/b29-19-/t32-/m0/s1. The molecule has 0 N–H and O–H groups in total. The molecule has 0 amide bonds. The Morgan fingerprint density at radius 3 is 2.43 bits per heavy atom. The van der Waals surface area contributed by atoms with Crippen LogP contribution in [0.15, 0.2) is 119 Å². The molecule has 0 unspecified atom stereocenters. The van der Waals surface area contributed by atoms with Crippen LogP contribution >= 0.6 is 22.9 Å². The molecule has 5 aromatic rings. The molecule has 2 aromatic heterocycles. The van der Waals surface area contributed by atoms with Crippen molar-refractivity contribution in [1.29, 1.82) is 0 Å². The molecular formula is C35H27ClN4O5S. The largest absolute Gasteiger partial charge is 0.458 e. The van der Waals surface area contributed by atoms with Gasteiger partial charge in [-0.15, -0.1) is 0 Å². The van der Waals surface area contributed by atoms with Crippen LogP contribution in [-0.4, -0.2) is 32.9 Å². The van der Waals surface area contributed by atoms with Gasteiger partial charge in [0.15, 0.2) is 4.80 Å². The normalized spacial score (nSPS) is 14.4. The SMILES string of the molecule is C=CCOC(=O)C1=C(C)N=c2s/c(=C\c3cn(-c4ccccc4)nc3-c3ccc(Cl)cc3)c(=O)n2[C@H]1c1ccc(OC(C)=O)cc1. The Kier molecular flexibility index (Phi) is 8.65. The maximum absolute atomic E-state index is 14.2. The number of carbonyl (C=O) groups excluding carboxylic acids is 2. The Hall–Kier alpha value is -5.32. The first-order chi connectivity index (χ1) is 22.2. The summed E-state index contributed by atoms with van der Waals surface area (Å²) >= 11 is 7.38. The smallest absolute Gasteiger partial charge is 0.338 e. The van der Waals surface area contributed by atoms with Crippen molar-refractivity contribution in [3.63, 3.8) is 0 Å². The summed E-state index contributed by atoms with van der Waals surface area (Å²) in [5.41, 5.74) is 3.97. The number of rotatable bonds is 8. The number of hydrogen-bond donors (Lipinski definition) is 0. The average molecular weight is 651 g/mol. The van der Waals surface area contributed by atoms with Gasteiger partial charge >= 0.3 is 11.9 Å². The molecule has 230 valence electrons. The van der Waals surface area contributed by atoms with Crippen LogP contribution in [0.25, 0.3) is 23.0 Å². The number of thiazole rings is 1. The predicted molar refractivity (Wildman–Crippen MR) is 177 cm³/mol. The van der Waals surface area contributed by atoms with Crippen LogP contribution in [0, 0.1) is 0 Å². The van der Waals surface area contributed by atoms with Gasteiger partial charge in [0.2, 0.25) is 0 Å². The van der Waals surface area contributed by atoms with Crippen LogP contribution in [0.2, 0.25) is 5.02 Å². The number of nitrogens with zero attached hydrogens (tertiary/aromatic N) is 4. The zero-order valence-electron chi connectivity index (χ0n) is 24.8. The van der Waals surface area contributed by atoms with Gasteiger partial charge in [-0.25, -0.2) is 14.5 Å². The van der Waals surface area contributed by atoms with Crippen molar-refractivity contribution in [3.8, 4) is 22.7 Å². The lowest BCUT2D eigenvalue weighted by molar-refractivity contribution is -0.138. The van der Waals surface area contributed by atoms with Gasteiger partial charge in [-0.2, -0.15) is 5.10 Å². The molecule has 0 spiro atoms. The second-order valence-corrected chi connectivity index (χ2v) is 11.8. The van der Waals surface area contributed by atoms with Crippen molar-refractivity contribution in [2.24, 2.45) is 4.99 Å². The number of benzene rings is 3. The van der Waals surface area contributed by atoms with Gasteiger partial charge in [0.05, 0.1) is 27.5 Å². The molecule has 1 aliphatic heterocycles. The zero-order chi connectivity index (χ0) is 32.4. The monoisotopic (exact) mass is 650 g/mol. The van der Waals surface area contributed by atoms with Crippen LogP contribution in [0.4, 0.5) is 0 Å². The zero-order valence-corrected chi connectivity index (χ0v) is 26.4. The number of allylic oxidation sites excluding steroid dienone is 1. The highest BCUT2D eigenvalue weighted by molar-refractivity contribution is 7.07. The molecule has 1 atom stereocenters. The molecule has 3 aromatic carbocycles. The molecule has 46 heavy (non-hydrogen) atoms. The number of fused-ring (bicyclic) bond motifs is 1. The first-order valence-electron chi connectivity index (χ1n) is 14.2. The minimum atomic E-state index is -0.843. The molecule has 0 bridgehead atoms. The lowest BCUT2D eigenvalue weighted by atomic mass is 9.96. The summed E-state index contributed by atoms with van der Waals surface area (Å²) in [5, 5.41) is 5.45. The van der Waals surface area contributed by atoms with E-state index in [1.165, 1.54) is 28.9 Å². The Morgan fingerprint density at radius 1 is 1.04 bits per heavy atom. The third-order valence-electron chi connectivity index (χ3n) is 7.20. The van der Waals surface area contributed by atoms with Crippen LogP contribution < -0.4 is 19.6 Å². The van der Waals surface area contributed by atoms with Gasteiger partial charge in [0, 0.05) is 29.3 Å². The molecule has 0 aliphatic carbocycles. The third kappa shape index (κ3) is 6.13. The second-order valence-electron chi connectivity index (χ2n) is 10.4. The van der Waals surface area contributed by atoms with Crippen molar-refractivity contribution >= 4 is 41.0 Å². The number of esters is 2. The van der Waals surface area contributed by atoms with Crippen LogP contribution in [0.1, 0.15) is 31.0 Å². The Bertz CT molecular complexity index is 2180. The van der Waals surface area contributed by atoms with E-state index in [2.05, 4.69) is 11.6 Å². The van der Waals surface area contributed by atoms with Crippen molar-refractivity contribution in [1.82, 2.24) is 14.3 Å². The fourth-order valence-electron chi connectivity index (χ4n) is 5.17. The van der Waals surface area contributed by atoms with Crippen LogP contribution in [0.5, 0.6) is 5.75 Å². The number of halogens is 1. The molecule has 1 aliphatic rings. The number of hydrogen-bond acceptors (Lipinski definition) is 8. The summed E-state index contributed by atoms with van der Waals surface area (Å²) in [6, 6.07) is 22.8. The van der Waals surface area contributed by atoms with Gasteiger partial charge in [-0.05, 0) is 55.0 Å². The number of aromatic nitrogens is 3. The summed E-state index contributed by atoms with van der Waals surface area (Å²) in [5.74, 6) is -0.734.